The van der Waals surface area contributed by atoms with E-state index in [9.17, 15) is 4.39 Å². The SMILES string of the molecule is N#Cc1ccc(-c2ccc(-c3nc(-c4ccccc4)nc(-c4ccccc4)n3)cc2F)c(F)c1. The van der Waals surface area contributed by atoms with Crippen LogP contribution in [0.1, 0.15) is 5.56 Å². The second-order valence-corrected chi connectivity index (χ2v) is 7.54. The molecule has 0 aliphatic heterocycles. The van der Waals surface area contributed by atoms with Gasteiger partial charge >= 0.3 is 0 Å². The summed E-state index contributed by atoms with van der Waals surface area (Å²) in [6, 6.07) is 29.2. The van der Waals surface area contributed by atoms with E-state index in [0.29, 0.717) is 23.0 Å². The summed E-state index contributed by atoms with van der Waals surface area (Å²) < 4.78 is 29.6. The van der Waals surface area contributed by atoms with Gasteiger partial charge in [0.25, 0.3) is 0 Å². The smallest absolute Gasteiger partial charge is 0.164 e. The summed E-state index contributed by atoms with van der Waals surface area (Å²) in [6.45, 7) is 0. The molecule has 0 N–H and O–H groups in total. The lowest BCUT2D eigenvalue weighted by molar-refractivity contribution is 0.616. The van der Waals surface area contributed by atoms with E-state index in [-0.39, 0.29) is 16.7 Å². The summed E-state index contributed by atoms with van der Waals surface area (Å²) >= 11 is 0. The van der Waals surface area contributed by atoms with Crippen LogP contribution in [-0.2, 0) is 0 Å². The molecule has 0 amide bonds. The molecule has 0 aliphatic carbocycles. The van der Waals surface area contributed by atoms with Crippen molar-refractivity contribution in [2.45, 2.75) is 0 Å². The topological polar surface area (TPSA) is 62.5 Å². The van der Waals surface area contributed by atoms with Gasteiger partial charge in [0.1, 0.15) is 11.6 Å². The Morgan fingerprint density at radius 1 is 0.529 bits per heavy atom. The Morgan fingerprint density at radius 3 is 1.47 bits per heavy atom. The number of hydrogen-bond donors (Lipinski definition) is 0. The minimum atomic E-state index is -0.663. The number of nitrogens with zero attached hydrogens (tertiary/aromatic N) is 4. The highest BCUT2D eigenvalue weighted by Crippen LogP contribution is 2.30. The van der Waals surface area contributed by atoms with Gasteiger partial charge in [-0.1, -0.05) is 78.9 Å². The first kappa shape index (κ1) is 21.1. The third-order valence-electron chi connectivity index (χ3n) is 5.32. The Kier molecular flexibility index (Phi) is 5.59. The highest BCUT2D eigenvalue weighted by Gasteiger charge is 2.16. The number of halogens is 2. The molecule has 34 heavy (non-hydrogen) atoms. The molecule has 0 saturated carbocycles. The summed E-state index contributed by atoms with van der Waals surface area (Å²) in [7, 11) is 0. The zero-order valence-electron chi connectivity index (χ0n) is 17.8. The summed E-state index contributed by atoms with van der Waals surface area (Å²) in [6.07, 6.45) is 0. The molecule has 4 aromatic carbocycles. The van der Waals surface area contributed by atoms with Crippen LogP contribution in [0.3, 0.4) is 0 Å². The molecule has 6 heteroatoms. The molecule has 0 unspecified atom stereocenters. The van der Waals surface area contributed by atoms with Gasteiger partial charge in [0.15, 0.2) is 17.5 Å². The molecule has 0 fully saturated rings. The minimum Gasteiger partial charge on any atom is -0.208 e. The van der Waals surface area contributed by atoms with Crippen LogP contribution < -0.4 is 0 Å². The number of benzene rings is 4. The van der Waals surface area contributed by atoms with E-state index < -0.39 is 11.6 Å². The number of aromatic nitrogens is 3. The van der Waals surface area contributed by atoms with E-state index in [4.69, 9.17) is 5.26 Å². The van der Waals surface area contributed by atoms with Crippen molar-refractivity contribution in [3.05, 3.63) is 114 Å². The molecule has 0 saturated heterocycles. The maximum absolute atomic E-state index is 15.1. The third kappa shape index (κ3) is 4.15. The Hall–Kier alpha value is -4.76. The van der Waals surface area contributed by atoms with Gasteiger partial charge in [0.2, 0.25) is 0 Å². The Labute approximate surface area is 194 Å². The van der Waals surface area contributed by atoms with E-state index in [1.54, 1.807) is 6.07 Å². The number of nitriles is 1. The first-order valence-corrected chi connectivity index (χ1v) is 10.5. The van der Waals surface area contributed by atoms with E-state index in [0.717, 1.165) is 17.2 Å². The van der Waals surface area contributed by atoms with Crippen molar-refractivity contribution in [3.63, 3.8) is 0 Å². The van der Waals surface area contributed by atoms with Crippen LogP contribution in [0.2, 0.25) is 0 Å². The van der Waals surface area contributed by atoms with Gasteiger partial charge in [0, 0.05) is 27.8 Å². The van der Waals surface area contributed by atoms with E-state index in [1.807, 2.05) is 66.7 Å². The molecule has 0 bridgehead atoms. The largest absolute Gasteiger partial charge is 0.208 e. The van der Waals surface area contributed by atoms with Crippen molar-refractivity contribution in [3.8, 4) is 51.4 Å². The van der Waals surface area contributed by atoms with Crippen LogP contribution in [0.25, 0.3) is 45.3 Å². The minimum absolute atomic E-state index is 0.0774. The number of rotatable bonds is 4. The van der Waals surface area contributed by atoms with Crippen molar-refractivity contribution in [2.24, 2.45) is 0 Å². The molecule has 0 atom stereocenters. The molecule has 162 valence electrons. The van der Waals surface area contributed by atoms with Crippen molar-refractivity contribution in [1.29, 1.82) is 5.26 Å². The predicted molar refractivity (Wildman–Crippen MR) is 126 cm³/mol. The summed E-state index contributed by atoms with van der Waals surface area (Å²) in [4.78, 5) is 13.8. The Morgan fingerprint density at radius 2 is 1.00 bits per heavy atom. The Bertz CT molecular complexity index is 1470. The van der Waals surface area contributed by atoms with Gasteiger partial charge in [-0.3, -0.25) is 0 Å². The van der Waals surface area contributed by atoms with Crippen LogP contribution in [-0.4, -0.2) is 15.0 Å². The monoisotopic (exact) mass is 446 g/mol. The maximum Gasteiger partial charge on any atom is 0.164 e. The third-order valence-corrected chi connectivity index (χ3v) is 5.32. The summed E-state index contributed by atoms with van der Waals surface area (Å²) in [5.41, 5.74) is 2.39. The molecule has 1 aromatic heterocycles. The Balaban J connectivity index is 1.62. The second-order valence-electron chi connectivity index (χ2n) is 7.54. The van der Waals surface area contributed by atoms with Gasteiger partial charge in [-0.25, -0.2) is 23.7 Å². The zero-order chi connectivity index (χ0) is 23.5. The number of hydrogen-bond acceptors (Lipinski definition) is 4. The van der Waals surface area contributed by atoms with Crippen LogP contribution in [0.15, 0.2) is 97.1 Å². The van der Waals surface area contributed by atoms with Crippen molar-refractivity contribution >= 4 is 0 Å². The predicted octanol–water partition coefficient (Wildman–Crippen LogP) is 6.69. The van der Waals surface area contributed by atoms with Crippen LogP contribution in [0.5, 0.6) is 0 Å². The molecule has 1 heterocycles. The van der Waals surface area contributed by atoms with Crippen LogP contribution in [0.4, 0.5) is 8.78 Å². The molecular weight excluding hydrogens is 430 g/mol. The highest BCUT2D eigenvalue weighted by molar-refractivity contribution is 5.71. The standard InChI is InChI=1S/C28H16F2N4/c29-24-15-18(17-31)11-13-22(24)23-14-12-21(16-25(23)30)28-33-26(19-7-3-1-4-8-19)32-27(34-28)20-9-5-2-6-10-20/h1-16H. The first-order valence-electron chi connectivity index (χ1n) is 10.5. The quantitative estimate of drug-likeness (QED) is 0.309. The average molecular weight is 446 g/mol. The molecular formula is C28H16F2N4. The molecule has 5 aromatic rings. The van der Waals surface area contributed by atoms with Crippen molar-refractivity contribution in [2.75, 3.05) is 0 Å². The lowest BCUT2D eigenvalue weighted by Crippen LogP contribution is -2.00. The van der Waals surface area contributed by atoms with Gasteiger partial charge in [0.05, 0.1) is 11.6 Å². The molecule has 0 spiro atoms. The van der Waals surface area contributed by atoms with Crippen molar-refractivity contribution in [1.82, 2.24) is 15.0 Å². The van der Waals surface area contributed by atoms with Gasteiger partial charge in [-0.15, -0.1) is 0 Å². The lowest BCUT2D eigenvalue weighted by Gasteiger charge is -2.10. The van der Waals surface area contributed by atoms with E-state index in [2.05, 4.69) is 15.0 Å². The molecule has 0 radical (unpaired) electrons. The zero-order valence-corrected chi connectivity index (χ0v) is 17.8. The van der Waals surface area contributed by atoms with Crippen LogP contribution >= 0.6 is 0 Å². The molecule has 4 nitrogen and oxygen atoms in total. The fourth-order valence-corrected chi connectivity index (χ4v) is 3.61. The molecule has 5 rings (SSSR count). The first-order chi connectivity index (χ1) is 16.6. The lowest BCUT2D eigenvalue weighted by atomic mass is 10.0. The summed E-state index contributed by atoms with van der Waals surface area (Å²) in [5.74, 6) is -0.0507. The van der Waals surface area contributed by atoms with Gasteiger partial charge in [-0.05, 0) is 18.2 Å². The normalized spacial score (nSPS) is 10.6. The van der Waals surface area contributed by atoms with E-state index >= 15 is 4.39 Å². The van der Waals surface area contributed by atoms with Crippen molar-refractivity contribution < 1.29 is 8.78 Å². The summed E-state index contributed by atoms with van der Waals surface area (Å²) in [5, 5.41) is 8.94. The maximum atomic E-state index is 15.1. The fraction of sp³-hybridized carbons (Fsp3) is 0. The molecule has 0 aliphatic rings. The average Bonchev–Trinajstić information content (AvgIpc) is 2.89. The van der Waals surface area contributed by atoms with E-state index in [1.165, 1.54) is 24.3 Å². The second kappa shape index (κ2) is 9.00. The fourth-order valence-electron chi connectivity index (χ4n) is 3.61. The highest BCUT2D eigenvalue weighted by atomic mass is 19.1. The van der Waals surface area contributed by atoms with Gasteiger partial charge < -0.3 is 0 Å². The van der Waals surface area contributed by atoms with Crippen LogP contribution in [0, 0.1) is 23.0 Å². The van der Waals surface area contributed by atoms with Gasteiger partial charge in [-0.2, -0.15) is 5.26 Å².